The van der Waals surface area contributed by atoms with E-state index in [1.54, 1.807) is 26.1 Å². The van der Waals surface area contributed by atoms with Crippen LogP contribution in [0.2, 0.25) is 0 Å². The lowest BCUT2D eigenvalue weighted by Gasteiger charge is -2.22. The second-order valence-electron chi connectivity index (χ2n) is 5.36. The third kappa shape index (κ3) is 2.99. The number of rotatable bonds is 2. The molecular weight excluding hydrogens is 214 g/mol. The van der Waals surface area contributed by atoms with Crippen LogP contribution in [0.4, 0.5) is 0 Å². The molecule has 0 spiro atoms. The van der Waals surface area contributed by atoms with Crippen molar-refractivity contribution < 1.29 is 9.53 Å². The van der Waals surface area contributed by atoms with Crippen LogP contribution in [0.25, 0.3) is 0 Å². The van der Waals surface area contributed by atoms with Crippen molar-refractivity contribution in [2.45, 2.75) is 26.2 Å². The first-order chi connectivity index (χ1) is 7.77. The maximum atomic E-state index is 11.8. The summed E-state index contributed by atoms with van der Waals surface area (Å²) in [4.78, 5) is 13.4. The van der Waals surface area contributed by atoms with E-state index < -0.39 is 0 Å². The predicted octanol–water partition coefficient (Wildman–Crippen LogP) is 2.69. The van der Waals surface area contributed by atoms with Gasteiger partial charge in [0.25, 0.3) is 5.91 Å². The van der Waals surface area contributed by atoms with E-state index >= 15 is 0 Å². The number of hydrogen-bond acceptors (Lipinski definition) is 2. The fourth-order valence-electron chi connectivity index (χ4n) is 1.70. The molecule has 0 heterocycles. The van der Waals surface area contributed by atoms with Crippen molar-refractivity contribution >= 4 is 5.91 Å². The van der Waals surface area contributed by atoms with E-state index in [9.17, 15) is 4.79 Å². The van der Waals surface area contributed by atoms with E-state index in [0.717, 1.165) is 11.3 Å². The molecule has 0 saturated heterocycles. The molecule has 0 unspecified atom stereocenters. The summed E-state index contributed by atoms with van der Waals surface area (Å²) < 4.78 is 5.37. The van der Waals surface area contributed by atoms with E-state index in [1.807, 2.05) is 18.2 Å². The number of ether oxygens (including phenoxy) is 1. The number of carbonyl (C=O) groups excluding carboxylic acids is 1. The lowest BCUT2D eigenvalue weighted by atomic mass is 9.85. The van der Waals surface area contributed by atoms with Gasteiger partial charge in [-0.1, -0.05) is 26.8 Å². The second kappa shape index (κ2) is 4.78. The molecule has 1 amide bonds. The lowest BCUT2D eigenvalue weighted by Crippen LogP contribution is -2.22. The molecule has 0 aliphatic rings. The first-order valence-electron chi connectivity index (χ1n) is 5.67. The molecule has 0 saturated carbocycles. The number of amides is 1. The van der Waals surface area contributed by atoms with Crippen LogP contribution < -0.4 is 4.74 Å². The molecule has 0 fully saturated rings. The van der Waals surface area contributed by atoms with Gasteiger partial charge in [0.05, 0.1) is 7.11 Å². The molecule has 1 aromatic carbocycles. The zero-order valence-electron chi connectivity index (χ0n) is 11.5. The highest BCUT2D eigenvalue weighted by Crippen LogP contribution is 2.32. The van der Waals surface area contributed by atoms with Crippen LogP contribution in [0, 0.1) is 0 Å². The van der Waals surface area contributed by atoms with Crippen LogP contribution in [-0.2, 0) is 5.41 Å². The number of hydrogen-bond donors (Lipinski definition) is 0. The van der Waals surface area contributed by atoms with E-state index in [-0.39, 0.29) is 11.3 Å². The highest BCUT2D eigenvalue weighted by atomic mass is 16.5. The van der Waals surface area contributed by atoms with Crippen molar-refractivity contribution in [1.82, 2.24) is 4.90 Å². The molecule has 0 aromatic heterocycles. The molecule has 1 aromatic rings. The maximum Gasteiger partial charge on any atom is 0.253 e. The highest BCUT2D eigenvalue weighted by Gasteiger charge is 2.20. The minimum absolute atomic E-state index is 0.00500. The molecule has 0 atom stereocenters. The summed E-state index contributed by atoms with van der Waals surface area (Å²) in [5.41, 5.74) is 1.76. The monoisotopic (exact) mass is 235 g/mol. The molecule has 0 radical (unpaired) electrons. The normalized spacial score (nSPS) is 11.2. The van der Waals surface area contributed by atoms with Crippen molar-refractivity contribution in [2.24, 2.45) is 0 Å². The molecule has 0 aliphatic carbocycles. The van der Waals surface area contributed by atoms with Gasteiger partial charge in [-0.15, -0.1) is 0 Å². The number of carbonyl (C=O) groups is 1. The fourth-order valence-corrected chi connectivity index (χ4v) is 1.70. The summed E-state index contributed by atoms with van der Waals surface area (Å²) in [7, 11) is 5.12. The van der Waals surface area contributed by atoms with Gasteiger partial charge < -0.3 is 9.64 Å². The molecule has 0 bridgehead atoms. The summed E-state index contributed by atoms with van der Waals surface area (Å²) in [6.45, 7) is 6.37. The standard InChI is InChI=1S/C14H21NO2/c1-14(2,3)11-8-7-10(9-12(11)17-6)13(16)15(4)5/h7-9H,1-6H3. The zero-order chi connectivity index (χ0) is 13.2. The van der Waals surface area contributed by atoms with Crippen molar-refractivity contribution in [2.75, 3.05) is 21.2 Å². The third-order valence-electron chi connectivity index (χ3n) is 2.66. The van der Waals surface area contributed by atoms with Gasteiger partial charge >= 0.3 is 0 Å². The number of nitrogens with zero attached hydrogens (tertiary/aromatic N) is 1. The van der Waals surface area contributed by atoms with Crippen molar-refractivity contribution in [3.05, 3.63) is 29.3 Å². The molecule has 0 aliphatic heterocycles. The van der Waals surface area contributed by atoms with Crippen LogP contribution in [-0.4, -0.2) is 32.0 Å². The van der Waals surface area contributed by atoms with E-state index in [4.69, 9.17) is 4.74 Å². The molecule has 17 heavy (non-hydrogen) atoms. The van der Waals surface area contributed by atoms with Crippen molar-refractivity contribution in [3.63, 3.8) is 0 Å². The van der Waals surface area contributed by atoms with E-state index in [2.05, 4.69) is 20.8 Å². The molecule has 94 valence electrons. The first-order valence-corrected chi connectivity index (χ1v) is 5.67. The Morgan fingerprint density at radius 1 is 1.24 bits per heavy atom. The largest absolute Gasteiger partial charge is 0.496 e. The van der Waals surface area contributed by atoms with Gasteiger partial charge in [0, 0.05) is 19.7 Å². The number of benzene rings is 1. The van der Waals surface area contributed by atoms with Gasteiger partial charge in [-0.05, 0) is 23.1 Å². The topological polar surface area (TPSA) is 29.5 Å². The minimum atomic E-state index is -0.0104. The summed E-state index contributed by atoms with van der Waals surface area (Å²) in [6, 6.07) is 5.63. The molecule has 3 heteroatoms. The average molecular weight is 235 g/mol. The maximum absolute atomic E-state index is 11.8. The van der Waals surface area contributed by atoms with E-state index in [1.165, 1.54) is 0 Å². The summed E-state index contributed by atoms with van der Waals surface area (Å²) in [5, 5.41) is 0. The Morgan fingerprint density at radius 2 is 1.82 bits per heavy atom. The van der Waals surface area contributed by atoms with Crippen molar-refractivity contribution in [3.8, 4) is 5.75 Å². The van der Waals surface area contributed by atoms with Crippen LogP contribution >= 0.6 is 0 Å². The van der Waals surface area contributed by atoms with Crippen LogP contribution in [0.5, 0.6) is 5.75 Å². The van der Waals surface area contributed by atoms with Crippen LogP contribution in [0.3, 0.4) is 0 Å². The SMILES string of the molecule is COc1cc(C(=O)N(C)C)ccc1C(C)(C)C. The Balaban J connectivity index is 3.23. The Bertz CT molecular complexity index is 417. The number of methoxy groups -OCH3 is 1. The summed E-state index contributed by atoms with van der Waals surface area (Å²) in [5.74, 6) is 0.758. The van der Waals surface area contributed by atoms with Gasteiger partial charge in [0.1, 0.15) is 5.75 Å². The average Bonchev–Trinajstić information content (AvgIpc) is 2.25. The minimum Gasteiger partial charge on any atom is -0.496 e. The van der Waals surface area contributed by atoms with Gasteiger partial charge in [0.15, 0.2) is 0 Å². The predicted molar refractivity (Wildman–Crippen MR) is 69.7 cm³/mol. The third-order valence-corrected chi connectivity index (χ3v) is 2.66. The zero-order valence-corrected chi connectivity index (χ0v) is 11.5. The van der Waals surface area contributed by atoms with Crippen LogP contribution in [0.1, 0.15) is 36.7 Å². The van der Waals surface area contributed by atoms with Crippen molar-refractivity contribution in [1.29, 1.82) is 0 Å². The Labute approximate surface area is 103 Å². The Hall–Kier alpha value is -1.51. The Morgan fingerprint density at radius 3 is 2.24 bits per heavy atom. The molecule has 3 nitrogen and oxygen atoms in total. The summed E-state index contributed by atoms with van der Waals surface area (Å²) in [6.07, 6.45) is 0. The Kier molecular flexibility index (Phi) is 3.81. The van der Waals surface area contributed by atoms with Gasteiger partial charge in [-0.2, -0.15) is 0 Å². The summed E-state index contributed by atoms with van der Waals surface area (Å²) >= 11 is 0. The molecule has 1 rings (SSSR count). The lowest BCUT2D eigenvalue weighted by molar-refractivity contribution is 0.0827. The second-order valence-corrected chi connectivity index (χ2v) is 5.36. The molecule has 0 N–H and O–H groups in total. The highest BCUT2D eigenvalue weighted by molar-refractivity contribution is 5.94. The quantitative estimate of drug-likeness (QED) is 0.788. The van der Waals surface area contributed by atoms with Gasteiger partial charge in [-0.25, -0.2) is 0 Å². The molecular formula is C14H21NO2. The fraction of sp³-hybridized carbons (Fsp3) is 0.500. The first kappa shape index (κ1) is 13.6. The smallest absolute Gasteiger partial charge is 0.253 e. The van der Waals surface area contributed by atoms with Gasteiger partial charge in [0.2, 0.25) is 0 Å². The van der Waals surface area contributed by atoms with Crippen LogP contribution in [0.15, 0.2) is 18.2 Å². The van der Waals surface area contributed by atoms with E-state index in [0.29, 0.717) is 5.56 Å². The van der Waals surface area contributed by atoms with Gasteiger partial charge in [-0.3, -0.25) is 4.79 Å².